The standard InChI is InChI=1S/C44H32O4S3/c45-35-27-13-5-3-11-25(27)29(37(35)47)19-23-21-31-33(43(23)15-7-1-8-16-43)39-41(49-31)42-40(51-39)34-32(50-42)22-24(44(34)17-9-2-10-18-44)20-30-26-12-4-6-14-28(26)36(46)38(30)48/h3-6,11-14,19-22H,1-2,7-10,15-18H2/b29-19-,30-20-. The Hall–Kier alpha value is -4.30. The SMILES string of the molecule is O=C1C(=O)c2ccccc2/C1=C/C1=Cc2sc3c(sc4c5c(sc43)C=C(/C=C3\C(=O)C(=O)c4ccccc43)C53CCCCC3)c2C12CCCCC2. The number of Topliss-reactive ketones (excluding diaryl/α,β-unsaturated/α-hetero) is 4. The van der Waals surface area contributed by atoms with E-state index in [1.807, 2.05) is 70.4 Å². The highest BCUT2D eigenvalue weighted by atomic mass is 32.1. The number of carbonyl (C=O) groups is 4. The lowest BCUT2D eigenvalue weighted by atomic mass is 9.67. The lowest BCUT2D eigenvalue weighted by Crippen LogP contribution is -2.29. The van der Waals surface area contributed by atoms with E-state index in [4.69, 9.17) is 0 Å². The van der Waals surface area contributed by atoms with Gasteiger partial charge in [0.25, 0.3) is 0 Å². The molecule has 11 rings (SSSR count). The maximum Gasteiger partial charge on any atom is 0.234 e. The first kappa shape index (κ1) is 30.3. The topological polar surface area (TPSA) is 68.3 Å². The predicted molar refractivity (Wildman–Crippen MR) is 208 cm³/mol. The number of benzene rings is 2. The molecule has 3 heterocycles. The summed E-state index contributed by atoms with van der Waals surface area (Å²) in [7, 11) is 0. The second kappa shape index (κ2) is 10.6. The Balaban J connectivity index is 1.07. The monoisotopic (exact) mass is 720 g/mol. The highest BCUT2D eigenvalue weighted by Gasteiger charge is 2.49. The maximum atomic E-state index is 13.3. The summed E-state index contributed by atoms with van der Waals surface area (Å²) in [5, 5.41) is 0. The fourth-order valence-corrected chi connectivity index (χ4v) is 15.1. The second-order valence-electron chi connectivity index (χ2n) is 15.1. The third kappa shape index (κ3) is 3.89. The van der Waals surface area contributed by atoms with Crippen LogP contribution in [0.3, 0.4) is 0 Å². The minimum atomic E-state index is -0.397. The van der Waals surface area contributed by atoms with Gasteiger partial charge in [0.2, 0.25) is 23.1 Å². The fraction of sp³-hybridized carbons (Fsp3) is 0.273. The molecule has 0 radical (unpaired) electrons. The van der Waals surface area contributed by atoms with Gasteiger partial charge in [-0.3, -0.25) is 19.2 Å². The first-order valence-corrected chi connectivity index (χ1v) is 20.6. The van der Waals surface area contributed by atoms with Crippen LogP contribution in [0.5, 0.6) is 0 Å². The van der Waals surface area contributed by atoms with Gasteiger partial charge in [-0.15, -0.1) is 34.0 Å². The van der Waals surface area contributed by atoms with Crippen molar-refractivity contribution in [3.05, 3.63) is 115 Å². The van der Waals surface area contributed by atoms with Crippen molar-refractivity contribution in [1.29, 1.82) is 0 Å². The van der Waals surface area contributed by atoms with Crippen LogP contribution in [0.15, 0.2) is 71.8 Å². The van der Waals surface area contributed by atoms with Crippen molar-refractivity contribution in [3.8, 4) is 0 Å². The molecule has 3 aromatic heterocycles. The summed E-state index contributed by atoms with van der Waals surface area (Å²) in [6.07, 6.45) is 20.0. The van der Waals surface area contributed by atoms with E-state index in [9.17, 15) is 19.2 Å². The van der Waals surface area contributed by atoms with Gasteiger partial charge in [-0.05, 0) is 83.4 Å². The largest absolute Gasteiger partial charge is 0.285 e. The van der Waals surface area contributed by atoms with Crippen molar-refractivity contribution in [2.24, 2.45) is 0 Å². The maximum absolute atomic E-state index is 13.3. The van der Waals surface area contributed by atoms with Crippen LogP contribution in [0.4, 0.5) is 0 Å². The molecule has 6 aliphatic rings. The molecular weight excluding hydrogens is 689 g/mol. The third-order valence-corrected chi connectivity index (χ3v) is 16.6. The Morgan fingerprint density at radius 1 is 0.451 bits per heavy atom. The number of thiophene rings is 3. The molecule has 0 bridgehead atoms. The molecule has 0 amide bonds. The zero-order valence-corrected chi connectivity index (χ0v) is 30.3. The van der Waals surface area contributed by atoms with Gasteiger partial charge >= 0.3 is 0 Å². The average molecular weight is 721 g/mol. The van der Waals surface area contributed by atoms with Crippen molar-refractivity contribution >= 4 is 99.2 Å². The second-order valence-corrected chi connectivity index (χ2v) is 18.2. The smallest absolute Gasteiger partial charge is 0.234 e. The number of ketones is 4. The first-order chi connectivity index (χ1) is 24.9. The van der Waals surface area contributed by atoms with Gasteiger partial charge in [0.1, 0.15) is 0 Å². The average Bonchev–Trinajstić information content (AvgIpc) is 3.99. The van der Waals surface area contributed by atoms with Crippen LogP contribution in [0.1, 0.15) is 117 Å². The van der Waals surface area contributed by atoms with Crippen LogP contribution in [0, 0.1) is 0 Å². The van der Waals surface area contributed by atoms with E-state index < -0.39 is 11.6 Å². The van der Waals surface area contributed by atoms with Crippen LogP contribution >= 0.6 is 34.0 Å². The van der Waals surface area contributed by atoms with Crippen molar-refractivity contribution < 1.29 is 19.2 Å². The molecule has 0 atom stereocenters. The van der Waals surface area contributed by atoms with E-state index in [0.717, 1.165) is 62.5 Å². The van der Waals surface area contributed by atoms with Crippen LogP contribution < -0.4 is 0 Å². The number of rotatable bonds is 2. The first-order valence-electron chi connectivity index (χ1n) is 18.2. The van der Waals surface area contributed by atoms with Crippen molar-refractivity contribution in [1.82, 2.24) is 0 Å². The van der Waals surface area contributed by atoms with Crippen LogP contribution in [-0.4, -0.2) is 23.1 Å². The summed E-state index contributed by atoms with van der Waals surface area (Å²) >= 11 is 5.76. The van der Waals surface area contributed by atoms with Crippen molar-refractivity contribution in [2.75, 3.05) is 0 Å². The Bertz CT molecular complexity index is 2440. The molecule has 2 aromatic carbocycles. The summed E-state index contributed by atoms with van der Waals surface area (Å²) in [6.45, 7) is 0. The number of allylic oxidation sites excluding steroid dienone is 6. The van der Waals surface area contributed by atoms with Gasteiger partial charge < -0.3 is 0 Å². The molecule has 0 N–H and O–H groups in total. The molecule has 0 saturated heterocycles. The van der Waals surface area contributed by atoms with E-state index in [0.29, 0.717) is 22.3 Å². The normalized spacial score (nSPS) is 22.9. The molecular formula is C44H32O4S3. The third-order valence-electron chi connectivity index (χ3n) is 12.7. The van der Waals surface area contributed by atoms with Gasteiger partial charge in [-0.2, -0.15) is 0 Å². The summed E-state index contributed by atoms with van der Waals surface area (Å²) in [5.41, 5.74) is 8.59. The minimum Gasteiger partial charge on any atom is -0.285 e. The molecule has 6 aliphatic carbocycles. The Labute approximate surface area is 306 Å². The lowest BCUT2D eigenvalue weighted by Gasteiger charge is -2.37. The van der Waals surface area contributed by atoms with Crippen LogP contribution in [0.2, 0.25) is 0 Å². The van der Waals surface area contributed by atoms with Gasteiger partial charge in [-0.1, -0.05) is 87.1 Å². The zero-order valence-electron chi connectivity index (χ0n) is 27.9. The van der Waals surface area contributed by atoms with Crippen LogP contribution in [-0.2, 0) is 20.4 Å². The summed E-state index contributed by atoms with van der Waals surface area (Å²) in [5.74, 6) is -1.57. The number of hydrogen-bond acceptors (Lipinski definition) is 7. The van der Waals surface area contributed by atoms with Gasteiger partial charge in [0, 0.05) is 42.9 Å². The molecule has 250 valence electrons. The van der Waals surface area contributed by atoms with E-state index in [1.165, 1.54) is 63.7 Å². The summed E-state index contributed by atoms with van der Waals surface area (Å²) < 4.78 is 5.55. The molecule has 2 saturated carbocycles. The van der Waals surface area contributed by atoms with Crippen LogP contribution in [0.25, 0.3) is 42.1 Å². The number of carbonyl (C=O) groups excluding carboxylic acids is 4. The summed E-state index contributed by atoms with van der Waals surface area (Å²) in [4.78, 5) is 55.2. The Morgan fingerprint density at radius 3 is 1.25 bits per heavy atom. The Kier molecular flexibility index (Phi) is 6.32. The highest BCUT2D eigenvalue weighted by molar-refractivity contribution is 7.39. The minimum absolute atomic E-state index is 0.158. The quantitative estimate of drug-likeness (QED) is 0.134. The number of fused-ring (bicyclic) bond motifs is 11. The molecule has 0 aliphatic heterocycles. The van der Waals surface area contributed by atoms with Gasteiger partial charge in [0.05, 0.1) is 18.8 Å². The molecule has 2 fully saturated rings. The summed E-state index contributed by atoms with van der Waals surface area (Å²) in [6, 6.07) is 14.8. The molecule has 2 spiro atoms. The van der Waals surface area contributed by atoms with E-state index >= 15 is 0 Å². The Morgan fingerprint density at radius 2 is 0.843 bits per heavy atom. The molecule has 0 unspecified atom stereocenters. The van der Waals surface area contributed by atoms with Gasteiger partial charge in [0.15, 0.2) is 0 Å². The molecule has 4 nitrogen and oxygen atoms in total. The van der Waals surface area contributed by atoms with E-state index in [1.54, 1.807) is 12.1 Å². The zero-order chi connectivity index (χ0) is 34.2. The molecule has 5 aromatic rings. The van der Waals surface area contributed by atoms with Crippen molar-refractivity contribution in [2.45, 2.75) is 75.0 Å². The highest BCUT2D eigenvalue weighted by Crippen LogP contribution is 2.64. The molecule has 7 heteroatoms. The van der Waals surface area contributed by atoms with Crippen molar-refractivity contribution in [3.63, 3.8) is 0 Å². The van der Waals surface area contributed by atoms with Gasteiger partial charge in [-0.25, -0.2) is 0 Å². The number of hydrogen-bond donors (Lipinski definition) is 0. The van der Waals surface area contributed by atoms with E-state index in [2.05, 4.69) is 24.3 Å². The fourth-order valence-electron chi connectivity index (χ4n) is 10.3. The van der Waals surface area contributed by atoms with E-state index in [-0.39, 0.29) is 22.4 Å². The lowest BCUT2D eigenvalue weighted by molar-refractivity contribution is -0.110. The molecule has 51 heavy (non-hydrogen) atoms. The predicted octanol–water partition coefficient (Wildman–Crippen LogP) is 11.1.